The van der Waals surface area contributed by atoms with Crippen molar-refractivity contribution in [2.24, 2.45) is 0 Å². The Kier molecular flexibility index (Phi) is 7.63. The second-order valence-corrected chi connectivity index (χ2v) is 7.80. The van der Waals surface area contributed by atoms with Crippen LogP contribution in [0, 0.1) is 11.3 Å². The van der Waals surface area contributed by atoms with Gasteiger partial charge in [-0.2, -0.15) is 5.26 Å². The molecule has 1 aliphatic rings. The van der Waals surface area contributed by atoms with Crippen LogP contribution in [-0.4, -0.2) is 38.9 Å². The Balaban J connectivity index is 1.80. The fourth-order valence-electron chi connectivity index (χ4n) is 3.36. The van der Waals surface area contributed by atoms with E-state index in [1.807, 2.05) is 0 Å². The van der Waals surface area contributed by atoms with Crippen molar-refractivity contribution in [3.63, 3.8) is 0 Å². The van der Waals surface area contributed by atoms with Crippen LogP contribution in [0.2, 0.25) is 0 Å². The van der Waals surface area contributed by atoms with Crippen molar-refractivity contribution in [1.82, 2.24) is 5.32 Å². The number of nitrogens with zero attached hydrogens (tertiary/aromatic N) is 1. The largest absolute Gasteiger partial charge is 0.495 e. The Morgan fingerprint density at radius 2 is 1.84 bits per heavy atom. The number of ether oxygens (including phenoxy) is 3. The summed E-state index contributed by atoms with van der Waals surface area (Å²) in [5.41, 5.74) is 1.70. The summed E-state index contributed by atoms with van der Waals surface area (Å²) in [6.07, 6.45) is 0.121. The van der Waals surface area contributed by atoms with Crippen molar-refractivity contribution in [1.29, 1.82) is 5.26 Å². The third-order valence-electron chi connectivity index (χ3n) is 4.89. The lowest BCUT2D eigenvalue weighted by molar-refractivity contribution is -0.121. The van der Waals surface area contributed by atoms with E-state index < -0.39 is 5.92 Å². The molecule has 1 heterocycles. The second kappa shape index (κ2) is 10.6. The number of hydrogen-bond acceptors (Lipinski definition) is 7. The van der Waals surface area contributed by atoms with Crippen LogP contribution in [0.5, 0.6) is 17.2 Å². The van der Waals surface area contributed by atoms with E-state index >= 15 is 0 Å². The van der Waals surface area contributed by atoms with E-state index in [4.69, 9.17) is 14.2 Å². The molecule has 3 rings (SSSR count). The topological polar surface area (TPSA) is 110 Å². The maximum Gasteiger partial charge on any atom is 0.234 e. The highest BCUT2D eigenvalue weighted by Gasteiger charge is 2.30. The number of methoxy groups -OCH3 is 3. The summed E-state index contributed by atoms with van der Waals surface area (Å²) < 4.78 is 15.9. The molecule has 166 valence electrons. The highest BCUT2D eigenvalue weighted by atomic mass is 32.2. The maximum absolute atomic E-state index is 12.5. The standard InChI is InChI=1S/C23H23N3O5S/c1-29-18-7-5-4-6-17(18)25-22(28)13-32-23-16(12-24)15(11-21(27)26-23)14-8-9-19(30-2)20(10-14)31-3/h4-10,15H,11,13H2,1-3H3,(H,25,28)(H,26,27)/t15-/m1/s1. The van der Waals surface area contributed by atoms with Crippen molar-refractivity contribution < 1.29 is 23.8 Å². The van der Waals surface area contributed by atoms with E-state index in [-0.39, 0.29) is 24.0 Å². The number of carbonyl (C=O) groups excluding carboxylic acids is 2. The Morgan fingerprint density at radius 3 is 2.53 bits per heavy atom. The van der Waals surface area contributed by atoms with E-state index in [9.17, 15) is 14.9 Å². The quantitative estimate of drug-likeness (QED) is 0.630. The number of nitriles is 1. The first-order chi connectivity index (χ1) is 15.5. The zero-order chi connectivity index (χ0) is 23.1. The van der Waals surface area contributed by atoms with Crippen molar-refractivity contribution in [3.05, 3.63) is 58.6 Å². The summed E-state index contributed by atoms with van der Waals surface area (Å²) in [6.45, 7) is 0. The number of allylic oxidation sites excluding steroid dienone is 1. The lowest BCUT2D eigenvalue weighted by Gasteiger charge is -2.25. The molecule has 0 unspecified atom stereocenters. The predicted octanol–water partition coefficient (Wildman–Crippen LogP) is 3.42. The second-order valence-electron chi connectivity index (χ2n) is 6.81. The molecule has 2 aromatic rings. The van der Waals surface area contributed by atoms with Gasteiger partial charge < -0.3 is 24.8 Å². The number of amides is 2. The fraction of sp³-hybridized carbons (Fsp3) is 0.261. The van der Waals surface area contributed by atoms with E-state index in [2.05, 4.69) is 16.7 Å². The van der Waals surface area contributed by atoms with Crippen LogP contribution in [-0.2, 0) is 9.59 Å². The summed E-state index contributed by atoms with van der Waals surface area (Å²) in [7, 11) is 4.59. The van der Waals surface area contributed by atoms with Crippen molar-refractivity contribution >= 4 is 29.3 Å². The Morgan fingerprint density at radius 1 is 1.12 bits per heavy atom. The number of nitrogens with one attached hydrogen (secondary N) is 2. The minimum absolute atomic E-state index is 0.0114. The molecule has 1 atom stereocenters. The maximum atomic E-state index is 12.5. The normalized spacial score (nSPS) is 15.4. The average molecular weight is 454 g/mol. The monoisotopic (exact) mass is 453 g/mol. The molecule has 0 fully saturated rings. The SMILES string of the molecule is COc1ccccc1NC(=O)CSC1=C(C#N)[C@@H](c2ccc(OC)c(OC)c2)CC(=O)N1. The molecule has 0 saturated carbocycles. The lowest BCUT2D eigenvalue weighted by Crippen LogP contribution is -2.31. The van der Waals surface area contributed by atoms with Crippen LogP contribution in [0.15, 0.2) is 53.1 Å². The number of benzene rings is 2. The van der Waals surface area contributed by atoms with Gasteiger partial charge in [-0.05, 0) is 29.8 Å². The minimum atomic E-state index is -0.451. The fourth-order valence-corrected chi connectivity index (χ4v) is 4.24. The Hall–Kier alpha value is -3.64. The highest BCUT2D eigenvalue weighted by Crippen LogP contribution is 2.39. The van der Waals surface area contributed by atoms with Crippen LogP contribution < -0.4 is 24.8 Å². The third kappa shape index (κ3) is 5.15. The molecule has 9 heteroatoms. The molecular formula is C23H23N3O5S. The van der Waals surface area contributed by atoms with Gasteiger partial charge in [0.1, 0.15) is 5.75 Å². The molecule has 0 spiro atoms. The van der Waals surface area contributed by atoms with Crippen LogP contribution >= 0.6 is 11.8 Å². The van der Waals surface area contributed by atoms with Gasteiger partial charge in [0.25, 0.3) is 0 Å². The van der Waals surface area contributed by atoms with Gasteiger partial charge in [-0.25, -0.2) is 0 Å². The van der Waals surface area contributed by atoms with Crippen LogP contribution in [0.4, 0.5) is 5.69 Å². The van der Waals surface area contributed by atoms with Gasteiger partial charge in [0.15, 0.2) is 11.5 Å². The number of para-hydroxylation sites is 2. The van der Waals surface area contributed by atoms with Crippen LogP contribution in [0.25, 0.3) is 0 Å². The molecular weight excluding hydrogens is 430 g/mol. The summed E-state index contributed by atoms with van der Waals surface area (Å²) >= 11 is 1.11. The van der Waals surface area contributed by atoms with Gasteiger partial charge in [0, 0.05) is 12.3 Å². The van der Waals surface area contributed by atoms with Crippen molar-refractivity contribution in [2.45, 2.75) is 12.3 Å². The van der Waals surface area contributed by atoms with Gasteiger partial charge in [0.05, 0.1) is 49.4 Å². The van der Waals surface area contributed by atoms with Crippen molar-refractivity contribution in [3.8, 4) is 23.3 Å². The summed E-state index contributed by atoms with van der Waals surface area (Å²) in [4.78, 5) is 24.8. The van der Waals surface area contributed by atoms with E-state index in [1.54, 1.807) is 42.5 Å². The Labute approximate surface area is 190 Å². The Bertz CT molecular complexity index is 1090. The van der Waals surface area contributed by atoms with Crippen LogP contribution in [0.1, 0.15) is 17.9 Å². The first-order valence-corrected chi connectivity index (χ1v) is 10.7. The predicted molar refractivity (Wildman–Crippen MR) is 122 cm³/mol. The molecule has 2 aromatic carbocycles. The van der Waals surface area contributed by atoms with Gasteiger partial charge in [-0.15, -0.1) is 0 Å². The number of hydrogen-bond donors (Lipinski definition) is 2. The van der Waals surface area contributed by atoms with E-state index in [1.165, 1.54) is 21.3 Å². The smallest absolute Gasteiger partial charge is 0.234 e. The number of thioether (sulfide) groups is 1. The van der Waals surface area contributed by atoms with Gasteiger partial charge in [0.2, 0.25) is 11.8 Å². The summed E-state index contributed by atoms with van der Waals surface area (Å²) in [5.74, 6) is 0.663. The minimum Gasteiger partial charge on any atom is -0.495 e. The average Bonchev–Trinajstić information content (AvgIpc) is 2.82. The molecule has 8 nitrogen and oxygen atoms in total. The molecule has 1 aliphatic heterocycles. The molecule has 0 bridgehead atoms. The van der Waals surface area contributed by atoms with Crippen molar-refractivity contribution in [2.75, 3.05) is 32.4 Å². The molecule has 0 aromatic heterocycles. The summed E-state index contributed by atoms with van der Waals surface area (Å²) in [5, 5.41) is 15.7. The van der Waals surface area contributed by atoms with E-state index in [0.29, 0.717) is 33.5 Å². The summed E-state index contributed by atoms with van der Waals surface area (Å²) in [6, 6.07) is 14.6. The molecule has 2 N–H and O–H groups in total. The molecule has 0 radical (unpaired) electrons. The first-order valence-electron chi connectivity index (χ1n) is 9.72. The van der Waals surface area contributed by atoms with E-state index in [0.717, 1.165) is 17.3 Å². The lowest BCUT2D eigenvalue weighted by atomic mass is 9.87. The third-order valence-corrected chi connectivity index (χ3v) is 5.91. The van der Waals surface area contributed by atoms with Gasteiger partial charge in [-0.3, -0.25) is 9.59 Å². The van der Waals surface area contributed by atoms with Gasteiger partial charge >= 0.3 is 0 Å². The molecule has 32 heavy (non-hydrogen) atoms. The molecule has 2 amide bonds. The molecule has 0 aliphatic carbocycles. The highest BCUT2D eigenvalue weighted by molar-refractivity contribution is 8.03. The van der Waals surface area contributed by atoms with Crippen LogP contribution in [0.3, 0.4) is 0 Å². The zero-order valence-corrected chi connectivity index (χ0v) is 18.7. The number of rotatable bonds is 8. The zero-order valence-electron chi connectivity index (χ0n) is 17.9. The number of anilines is 1. The van der Waals surface area contributed by atoms with Gasteiger partial charge in [-0.1, -0.05) is 30.0 Å². The number of carbonyl (C=O) groups is 2. The first kappa shape index (κ1) is 23.0. The molecule has 0 saturated heterocycles.